The number of fused-ring (bicyclic) bond motifs is 1. The van der Waals surface area contributed by atoms with Gasteiger partial charge in [0.2, 0.25) is 5.88 Å². The van der Waals surface area contributed by atoms with Crippen LogP contribution in [0.15, 0.2) is 29.3 Å². The highest BCUT2D eigenvalue weighted by Crippen LogP contribution is 2.38. The second kappa shape index (κ2) is 5.82. The summed E-state index contributed by atoms with van der Waals surface area (Å²) in [5.74, 6) is 0.691. The molecule has 2 heterocycles. The first-order valence-corrected chi connectivity index (χ1v) is 8.49. The molecular weight excluding hydrogens is 312 g/mol. The van der Waals surface area contributed by atoms with Gasteiger partial charge in [0, 0.05) is 23.4 Å². The molecule has 1 aliphatic rings. The van der Waals surface area contributed by atoms with Crippen molar-refractivity contribution < 1.29 is 5.11 Å². The number of benzene rings is 1. The average Bonchev–Trinajstić information content (AvgIpc) is 2.91. The smallest absolute Gasteiger partial charge is 0.210 e. The van der Waals surface area contributed by atoms with Crippen molar-refractivity contribution in [2.75, 3.05) is 0 Å². The number of aromatic nitrogens is 1. The SMILES string of the molecule is CC1=Nc2ccccc2/C1=C/c1sc(=S)n(CC(C)C)c1O. The number of aromatic hydroxyl groups is 1. The zero-order valence-corrected chi connectivity index (χ0v) is 14.5. The number of para-hydroxylation sites is 1. The van der Waals surface area contributed by atoms with Crippen molar-refractivity contribution in [2.45, 2.75) is 27.3 Å². The Balaban J connectivity index is 2.07. The van der Waals surface area contributed by atoms with E-state index in [0.29, 0.717) is 9.87 Å². The lowest BCUT2D eigenvalue weighted by atomic mass is 10.0. The van der Waals surface area contributed by atoms with Gasteiger partial charge in [-0.25, -0.2) is 0 Å². The molecule has 5 heteroatoms. The minimum atomic E-state index is 0.258. The number of hydrogen-bond acceptors (Lipinski definition) is 4. The highest BCUT2D eigenvalue weighted by Gasteiger charge is 2.19. The highest BCUT2D eigenvalue weighted by molar-refractivity contribution is 7.73. The number of nitrogens with zero attached hydrogens (tertiary/aromatic N) is 2. The third-order valence-electron chi connectivity index (χ3n) is 3.59. The van der Waals surface area contributed by atoms with E-state index in [1.165, 1.54) is 11.3 Å². The van der Waals surface area contributed by atoms with E-state index in [1.807, 2.05) is 35.8 Å². The molecule has 0 radical (unpaired) electrons. The minimum Gasteiger partial charge on any atom is -0.493 e. The summed E-state index contributed by atoms with van der Waals surface area (Å²) < 4.78 is 2.52. The molecule has 0 amide bonds. The van der Waals surface area contributed by atoms with Crippen molar-refractivity contribution >= 4 is 46.6 Å². The van der Waals surface area contributed by atoms with Crippen molar-refractivity contribution in [1.82, 2.24) is 4.57 Å². The van der Waals surface area contributed by atoms with Crippen LogP contribution in [0.5, 0.6) is 5.88 Å². The van der Waals surface area contributed by atoms with Crippen LogP contribution in [0.3, 0.4) is 0 Å². The predicted molar refractivity (Wildman–Crippen MR) is 96.7 cm³/mol. The first kappa shape index (κ1) is 15.2. The number of thiazole rings is 1. The Morgan fingerprint density at radius 3 is 2.82 bits per heavy atom. The molecule has 1 aromatic heterocycles. The Morgan fingerprint density at radius 1 is 1.36 bits per heavy atom. The van der Waals surface area contributed by atoms with Crippen molar-refractivity contribution in [3.05, 3.63) is 38.7 Å². The van der Waals surface area contributed by atoms with E-state index in [0.717, 1.165) is 34.0 Å². The van der Waals surface area contributed by atoms with E-state index in [1.54, 1.807) is 0 Å². The Hall–Kier alpha value is -1.72. The van der Waals surface area contributed by atoms with E-state index >= 15 is 0 Å². The van der Waals surface area contributed by atoms with Crippen molar-refractivity contribution in [3.63, 3.8) is 0 Å². The van der Waals surface area contributed by atoms with Gasteiger partial charge in [-0.15, -0.1) is 11.3 Å². The topological polar surface area (TPSA) is 37.5 Å². The second-order valence-corrected chi connectivity index (χ2v) is 7.51. The van der Waals surface area contributed by atoms with Gasteiger partial charge in [0.25, 0.3) is 0 Å². The molecule has 0 saturated heterocycles. The molecule has 2 aromatic rings. The molecule has 0 atom stereocenters. The van der Waals surface area contributed by atoms with Gasteiger partial charge in [-0.1, -0.05) is 32.0 Å². The van der Waals surface area contributed by atoms with Crippen molar-refractivity contribution in [2.24, 2.45) is 10.9 Å². The van der Waals surface area contributed by atoms with Gasteiger partial charge in [-0.3, -0.25) is 9.56 Å². The van der Waals surface area contributed by atoms with E-state index in [-0.39, 0.29) is 5.88 Å². The Morgan fingerprint density at radius 2 is 2.09 bits per heavy atom. The summed E-state index contributed by atoms with van der Waals surface area (Å²) in [6, 6.07) is 8.06. The molecule has 1 aliphatic heterocycles. The molecule has 0 aliphatic carbocycles. The summed E-state index contributed by atoms with van der Waals surface area (Å²) in [6.07, 6.45) is 2.00. The number of aliphatic imine (C=N–C) groups is 1. The fourth-order valence-electron chi connectivity index (χ4n) is 2.58. The van der Waals surface area contributed by atoms with E-state index < -0.39 is 0 Å². The minimum absolute atomic E-state index is 0.258. The second-order valence-electron chi connectivity index (χ2n) is 5.83. The summed E-state index contributed by atoms with van der Waals surface area (Å²) in [7, 11) is 0. The van der Waals surface area contributed by atoms with Gasteiger partial charge in [0.1, 0.15) is 0 Å². The van der Waals surface area contributed by atoms with Gasteiger partial charge in [-0.05, 0) is 37.2 Å². The van der Waals surface area contributed by atoms with Crippen molar-refractivity contribution in [3.8, 4) is 5.88 Å². The fourth-order valence-corrected chi connectivity index (χ4v) is 3.85. The molecule has 1 N–H and O–H groups in total. The lowest BCUT2D eigenvalue weighted by molar-refractivity contribution is 0.392. The van der Waals surface area contributed by atoms with Crippen LogP contribution in [0, 0.1) is 9.87 Å². The lowest BCUT2D eigenvalue weighted by Gasteiger charge is -2.07. The Bertz CT molecular complexity index is 841. The van der Waals surface area contributed by atoms with Crippen LogP contribution in [0.1, 0.15) is 31.2 Å². The third kappa shape index (κ3) is 2.66. The molecule has 3 rings (SSSR count). The van der Waals surface area contributed by atoms with Crippen LogP contribution in [-0.2, 0) is 6.54 Å². The molecule has 0 fully saturated rings. The number of hydrogen-bond donors (Lipinski definition) is 1. The van der Waals surface area contributed by atoms with Crippen LogP contribution < -0.4 is 0 Å². The maximum Gasteiger partial charge on any atom is 0.210 e. The van der Waals surface area contributed by atoms with Gasteiger partial charge in [-0.2, -0.15) is 0 Å². The normalized spacial score (nSPS) is 15.5. The summed E-state index contributed by atoms with van der Waals surface area (Å²) in [4.78, 5) is 5.37. The molecule has 3 nitrogen and oxygen atoms in total. The lowest BCUT2D eigenvalue weighted by Crippen LogP contribution is -2.03. The zero-order chi connectivity index (χ0) is 15.9. The van der Waals surface area contributed by atoms with Crippen LogP contribution in [0.4, 0.5) is 5.69 Å². The average molecular weight is 330 g/mol. The van der Waals surface area contributed by atoms with Gasteiger partial charge in [0.15, 0.2) is 3.95 Å². The van der Waals surface area contributed by atoms with E-state index in [4.69, 9.17) is 12.2 Å². The molecular formula is C17H18N2OS2. The number of rotatable bonds is 3. The molecule has 1 aromatic carbocycles. The van der Waals surface area contributed by atoms with Crippen LogP contribution in [0.2, 0.25) is 0 Å². The Labute approximate surface area is 139 Å². The van der Waals surface area contributed by atoms with Gasteiger partial charge in [0.05, 0.1) is 10.6 Å². The van der Waals surface area contributed by atoms with Crippen LogP contribution in [0.25, 0.3) is 11.6 Å². The number of allylic oxidation sites excluding steroid dienone is 1. The molecule has 0 unspecified atom stereocenters. The van der Waals surface area contributed by atoms with Crippen molar-refractivity contribution in [1.29, 1.82) is 0 Å². The summed E-state index contributed by atoms with van der Waals surface area (Å²) in [5.41, 5.74) is 4.11. The quantitative estimate of drug-likeness (QED) is 0.777. The van der Waals surface area contributed by atoms with Gasteiger partial charge < -0.3 is 5.11 Å². The molecule has 0 spiro atoms. The molecule has 0 saturated carbocycles. The summed E-state index contributed by atoms with van der Waals surface area (Å²) in [6.45, 7) is 6.95. The maximum absolute atomic E-state index is 10.5. The van der Waals surface area contributed by atoms with Crippen LogP contribution >= 0.6 is 23.6 Å². The standard InChI is InChI=1S/C17H18N2OS2/c1-10(2)9-19-16(20)15(22-17(19)21)8-13-11(3)18-14-7-5-4-6-12(13)14/h4-8,10,20H,9H2,1-3H3/b13-8+. The fraction of sp³-hybridized carbons (Fsp3) is 0.294. The van der Waals surface area contributed by atoms with Crippen LogP contribution in [-0.4, -0.2) is 15.4 Å². The van der Waals surface area contributed by atoms with E-state index in [2.05, 4.69) is 24.9 Å². The highest BCUT2D eigenvalue weighted by atomic mass is 32.1. The predicted octanol–water partition coefficient (Wildman–Crippen LogP) is 5.29. The zero-order valence-electron chi connectivity index (χ0n) is 12.8. The first-order valence-electron chi connectivity index (χ1n) is 7.26. The molecule has 114 valence electrons. The van der Waals surface area contributed by atoms with E-state index in [9.17, 15) is 5.11 Å². The first-order chi connectivity index (χ1) is 10.5. The molecule has 22 heavy (non-hydrogen) atoms. The van der Waals surface area contributed by atoms with Gasteiger partial charge >= 0.3 is 0 Å². The monoisotopic (exact) mass is 330 g/mol. The maximum atomic E-state index is 10.5. The third-order valence-corrected chi connectivity index (χ3v) is 4.97. The molecule has 0 bridgehead atoms. The summed E-state index contributed by atoms with van der Waals surface area (Å²) in [5, 5.41) is 10.5. The summed E-state index contributed by atoms with van der Waals surface area (Å²) >= 11 is 6.83. The largest absolute Gasteiger partial charge is 0.493 e. The Kier molecular flexibility index (Phi) is 4.02.